The van der Waals surface area contributed by atoms with E-state index >= 15 is 0 Å². The van der Waals surface area contributed by atoms with Crippen LogP contribution < -0.4 is 0 Å². The van der Waals surface area contributed by atoms with E-state index in [0.29, 0.717) is 12.0 Å². The first kappa shape index (κ1) is 13.9. The van der Waals surface area contributed by atoms with Crippen LogP contribution in [0, 0.1) is 11.8 Å². The van der Waals surface area contributed by atoms with Crippen LogP contribution >= 0.6 is 0 Å². The standard InChI is InChI=1S/C15H27BO3/c1-14(2)15(3,4)19-16(18-14)9-11-10-17-13-8-6-5-7-12(11)13/h11-13H,5-10H2,1-4H3/t11-,12+,13+/m1/s1. The van der Waals surface area contributed by atoms with E-state index in [2.05, 4.69) is 27.7 Å². The van der Waals surface area contributed by atoms with Gasteiger partial charge in [-0.25, -0.2) is 0 Å². The molecule has 0 aromatic heterocycles. The fraction of sp³-hybridized carbons (Fsp3) is 1.00. The Labute approximate surface area is 117 Å². The topological polar surface area (TPSA) is 27.7 Å². The highest BCUT2D eigenvalue weighted by Gasteiger charge is 2.52. The van der Waals surface area contributed by atoms with Crippen LogP contribution in [0.4, 0.5) is 0 Å². The number of hydrogen-bond donors (Lipinski definition) is 0. The highest BCUT2D eigenvalue weighted by molar-refractivity contribution is 6.45. The van der Waals surface area contributed by atoms with Gasteiger partial charge in [0.25, 0.3) is 0 Å². The first-order valence-electron chi connectivity index (χ1n) is 7.86. The summed E-state index contributed by atoms with van der Waals surface area (Å²) in [6.45, 7) is 9.41. The van der Waals surface area contributed by atoms with E-state index in [-0.39, 0.29) is 18.3 Å². The van der Waals surface area contributed by atoms with Gasteiger partial charge in [0.2, 0.25) is 0 Å². The van der Waals surface area contributed by atoms with Crippen LogP contribution in [0.25, 0.3) is 0 Å². The zero-order chi connectivity index (χ0) is 13.7. The van der Waals surface area contributed by atoms with Gasteiger partial charge < -0.3 is 14.0 Å². The first-order chi connectivity index (χ1) is 8.89. The van der Waals surface area contributed by atoms with E-state index in [4.69, 9.17) is 14.0 Å². The number of rotatable bonds is 2. The molecule has 0 amide bonds. The van der Waals surface area contributed by atoms with Crippen LogP contribution in [-0.2, 0) is 14.0 Å². The molecule has 0 aromatic rings. The Bertz CT molecular complexity index is 326. The fourth-order valence-corrected chi connectivity index (χ4v) is 3.79. The Morgan fingerprint density at radius 1 is 1.00 bits per heavy atom. The highest BCUT2D eigenvalue weighted by atomic mass is 16.7. The van der Waals surface area contributed by atoms with E-state index in [1.54, 1.807) is 0 Å². The summed E-state index contributed by atoms with van der Waals surface area (Å²) in [6, 6.07) is 0. The van der Waals surface area contributed by atoms with Crippen molar-refractivity contribution in [2.24, 2.45) is 11.8 Å². The van der Waals surface area contributed by atoms with E-state index in [0.717, 1.165) is 18.8 Å². The SMILES string of the molecule is CC1(C)OB(C[C@@H]2CO[C@H]3CCCC[C@@H]23)OC1(C)C. The third-order valence-electron chi connectivity index (χ3n) is 5.68. The quantitative estimate of drug-likeness (QED) is 0.718. The van der Waals surface area contributed by atoms with Crippen molar-refractivity contribution >= 4 is 7.12 Å². The Morgan fingerprint density at radius 2 is 1.63 bits per heavy atom. The molecule has 0 aromatic carbocycles. The molecule has 2 aliphatic heterocycles. The Hall–Kier alpha value is -0.0551. The molecular weight excluding hydrogens is 239 g/mol. The van der Waals surface area contributed by atoms with Gasteiger partial charge in [-0.3, -0.25) is 0 Å². The lowest BCUT2D eigenvalue weighted by atomic mass is 9.69. The lowest BCUT2D eigenvalue weighted by Gasteiger charge is -2.32. The normalized spacial score (nSPS) is 40.4. The smallest absolute Gasteiger partial charge is 0.403 e. The molecule has 4 heteroatoms. The average Bonchev–Trinajstić information content (AvgIpc) is 2.79. The average molecular weight is 266 g/mol. The number of ether oxygens (including phenoxy) is 1. The van der Waals surface area contributed by atoms with E-state index < -0.39 is 0 Å². The zero-order valence-electron chi connectivity index (χ0n) is 12.8. The minimum absolute atomic E-state index is 0.0562. The maximum atomic E-state index is 6.13. The Balaban J connectivity index is 1.61. The van der Waals surface area contributed by atoms with Crippen molar-refractivity contribution in [1.82, 2.24) is 0 Å². The first-order valence-corrected chi connectivity index (χ1v) is 7.86. The van der Waals surface area contributed by atoms with Crippen LogP contribution in [0.2, 0.25) is 6.32 Å². The number of fused-ring (bicyclic) bond motifs is 1. The van der Waals surface area contributed by atoms with Gasteiger partial charge in [0.15, 0.2) is 0 Å². The fourth-order valence-electron chi connectivity index (χ4n) is 3.79. The molecule has 1 saturated carbocycles. The third-order valence-corrected chi connectivity index (χ3v) is 5.68. The molecule has 3 rings (SSSR count). The van der Waals surface area contributed by atoms with Gasteiger partial charge >= 0.3 is 7.12 Å². The predicted octanol–water partition coefficient (Wildman–Crippen LogP) is 3.28. The summed E-state index contributed by atoms with van der Waals surface area (Å²) < 4.78 is 18.2. The van der Waals surface area contributed by atoms with Crippen LogP contribution in [0.1, 0.15) is 53.4 Å². The second-order valence-corrected chi connectivity index (χ2v) is 7.50. The van der Waals surface area contributed by atoms with Crippen LogP contribution in [0.3, 0.4) is 0 Å². The van der Waals surface area contributed by atoms with E-state index in [1.807, 2.05) is 0 Å². The van der Waals surface area contributed by atoms with Crippen LogP contribution in [0.15, 0.2) is 0 Å². The Morgan fingerprint density at radius 3 is 2.32 bits per heavy atom. The molecule has 2 saturated heterocycles. The molecule has 19 heavy (non-hydrogen) atoms. The van der Waals surface area contributed by atoms with Crippen molar-refractivity contribution < 1.29 is 14.0 Å². The van der Waals surface area contributed by atoms with Crippen molar-refractivity contribution in [3.63, 3.8) is 0 Å². The summed E-state index contributed by atoms with van der Waals surface area (Å²) in [7, 11) is -0.0562. The maximum absolute atomic E-state index is 6.13. The van der Waals surface area contributed by atoms with Crippen molar-refractivity contribution in [2.45, 2.75) is 77.0 Å². The second-order valence-electron chi connectivity index (χ2n) is 7.50. The second kappa shape index (κ2) is 4.75. The lowest BCUT2D eigenvalue weighted by Crippen LogP contribution is -2.41. The third kappa shape index (κ3) is 2.47. The molecule has 1 aliphatic carbocycles. The van der Waals surface area contributed by atoms with Gasteiger partial charge in [-0.15, -0.1) is 0 Å². The lowest BCUT2D eigenvalue weighted by molar-refractivity contribution is 0.00578. The summed E-state index contributed by atoms with van der Waals surface area (Å²) >= 11 is 0. The van der Waals surface area contributed by atoms with Crippen LogP contribution in [-0.4, -0.2) is 31.0 Å². The van der Waals surface area contributed by atoms with Crippen molar-refractivity contribution in [1.29, 1.82) is 0 Å². The van der Waals surface area contributed by atoms with Crippen LogP contribution in [0.5, 0.6) is 0 Å². The van der Waals surface area contributed by atoms with E-state index in [9.17, 15) is 0 Å². The van der Waals surface area contributed by atoms with Gasteiger partial charge in [0, 0.05) is 6.61 Å². The maximum Gasteiger partial charge on any atom is 0.458 e. The summed E-state index contributed by atoms with van der Waals surface area (Å²) in [5.74, 6) is 1.37. The number of hydrogen-bond acceptors (Lipinski definition) is 3. The molecule has 3 nitrogen and oxygen atoms in total. The van der Waals surface area contributed by atoms with Gasteiger partial charge in [0.05, 0.1) is 17.3 Å². The molecule has 0 spiro atoms. The van der Waals surface area contributed by atoms with Crippen molar-refractivity contribution in [3.8, 4) is 0 Å². The zero-order valence-corrected chi connectivity index (χ0v) is 12.8. The summed E-state index contributed by atoms with van der Waals surface area (Å²) in [5.41, 5.74) is -0.411. The van der Waals surface area contributed by atoms with Gasteiger partial charge in [0.1, 0.15) is 0 Å². The minimum atomic E-state index is -0.205. The van der Waals surface area contributed by atoms with Gasteiger partial charge in [-0.2, -0.15) is 0 Å². The molecule has 0 N–H and O–H groups in total. The molecule has 3 aliphatic rings. The Kier molecular flexibility index (Phi) is 3.47. The molecule has 0 unspecified atom stereocenters. The van der Waals surface area contributed by atoms with Crippen molar-refractivity contribution in [2.75, 3.05) is 6.61 Å². The predicted molar refractivity (Wildman–Crippen MR) is 76.1 cm³/mol. The minimum Gasteiger partial charge on any atom is -0.403 e. The van der Waals surface area contributed by atoms with E-state index in [1.165, 1.54) is 25.7 Å². The largest absolute Gasteiger partial charge is 0.458 e. The molecular formula is C15H27BO3. The van der Waals surface area contributed by atoms with Gasteiger partial charge in [-0.05, 0) is 58.7 Å². The monoisotopic (exact) mass is 266 g/mol. The molecule has 108 valence electrons. The molecule has 0 radical (unpaired) electrons. The molecule has 3 atom stereocenters. The summed E-state index contributed by atoms with van der Waals surface area (Å²) in [5, 5.41) is 0. The summed E-state index contributed by atoms with van der Waals surface area (Å²) in [6.07, 6.45) is 6.79. The molecule has 0 bridgehead atoms. The molecule has 2 heterocycles. The highest BCUT2D eigenvalue weighted by Crippen LogP contribution is 2.44. The molecule has 3 fully saturated rings. The van der Waals surface area contributed by atoms with Crippen molar-refractivity contribution in [3.05, 3.63) is 0 Å². The summed E-state index contributed by atoms with van der Waals surface area (Å²) in [4.78, 5) is 0. The van der Waals surface area contributed by atoms with Gasteiger partial charge in [-0.1, -0.05) is 12.8 Å².